The van der Waals surface area contributed by atoms with Crippen molar-refractivity contribution in [3.05, 3.63) is 29.3 Å². The lowest BCUT2D eigenvalue weighted by Crippen LogP contribution is -2.03. The summed E-state index contributed by atoms with van der Waals surface area (Å²) in [6, 6.07) is 7.37. The molecule has 1 aromatic carbocycles. The Morgan fingerprint density at radius 2 is 2.00 bits per heavy atom. The fraction of sp³-hybridized carbons (Fsp3) is 0.250. The molecule has 0 aromatic heterocycles. The van der Waals surface area contributed by atoms with E-state index in [-0.39, 0.29) is 0 Å². The Balaban J connectivity index is 3.41. The van der Waals surface area contributed by atoms with Gasteiger partial charge in [0.05, 0.1) is 31.6 Å². The van der Waals surface area contributed by atoms with Crippen LogP contribution in [0.15, 0.2) is 23.8 Å². The molecule has 0 bridgehead atoms. The van der Waals surface area contributed by atoms with Gasteiger partial charge in [-0.1, -0.05) is 6.07 Å². The molecular weight excluding hydrogens is 204 g/mol. The van der Waals surface area contributed by atoms with Crippen LogP contribution in [0.2, 0.25) is 0 Å². The first-order valence-corrected chi connectivity index (χ1v) is 4.73. The summed E-state index contributed by atoms with van der Waals surface area (Å²) in [5.74, 6) is 1.13. The second kappa shape index (κ2) is 5.08. The molecule has 0 fully saturated rings. The molecule has 2 N–H and O–H groups in total. The highest BCUT2D eigenvalue weighted by atomic mass is 16.5. The molecule has 4 heteroatoms. The SMILES string of the molecule is COc1cccc(/C(N)=C(/C)C#N)c1OC. The Labute approximate surface area is 94.9 Å². The summed E-state index contributed by atoms with van der Waals surface area (Å²) < 4.78 is 10.4. The number of benzene rings is 1. The summed E-state index contributed by atoms with van der Waals surface area (Å²) in [6.07, 6.45) is 0. The molecule has 0 saturated carbocycles. The van der Waals surface area contributed by atoms with Crippen LogP contribution in [0, 0.1) is 11.3 Å². The molecule has 0 atom stereocenters. The third kappa shape index (κ3) is 2.09. The van der Waals surface area contributed by atoms with Crippen LogP contribution in [-0.2, 0) is 0 Å². The number of nitrogens with two attached hydrogens (primary N) is 1. The highest BCUT2D eigenvalue weighted by molar-refractivity contribution is 5.75. The number of rotatable bonds is 3. The molecule has 1 rings (SSSR count). The number of para-hydroxylation sites is 1. The minimum absolute atomic E-state index is 0.401. The number of methoxy groups -OCH3 is 2. The molecule has 0 spiro atoms. The normalized spacial score (nSPS) is 11.4. The average molecular weight is 218 g/mol. The number of hydrogen-bond donors (Lipinski definition) is 1. The number of nitriles is 1. The smallest absolute Gasteiger partial charge is 0.170 e. The molecular formula is C12H14N2O2. The summed E-state index contributed by atoms with van der Waals surface area (Å²) in [7, 11) is 3.09. The molecule has 0 saturated heterocycles. The maximum Gasteiger partial charge on any atom is 0.170 e. The molecule has 0 heterocycles. The van der Waals surface area contributed by atoms with Crippen LogP contribution in [0.3, 0.4) is 0 Å². The van der Waals surface area contributed by atoms with Crippen molar-refractivity contribution in [1.29, 1.82) is 5.26 Å². The molecule has 1 aromatic rings. The summed E-state index contributed by atoms with van der Waals surface area (Å²) >= 11 is 0. The summed E-state index contributed by atoms with van der Waals surface area (Å²) in [5, 5.41) is 8.80. The van der Waals surface area contributed by atoms with Crippen molar-refractivity contribution < 1.29 is 9.47 Å². The van der Waals surface area contributed by atoms with Crippen LogP contribution in [0.1, 0.15) is 12.5 Å². The molecule has 0 aliphatic heterocycles. The van der Waals surface area contributed by atoms with Crippen molar-refractivity contribution in [1.82, 2.24) is 0 Å². The summed E-state index contributed by atoms with van der Waals surface area (Å²) in [6.45, 7) is 1.66. The van der Waals surface area contributed by atoms with Gasteiger partial charge in [0.25, 0.3) is 0 Å². The topological polar surface area (TPSA) is 68.3 Å². The minimum atomic E-state index is 0.401. The molecule has 4 nitrogen and oxygen atoms in total. The highest BCUT2D eigenvalue weighted by Gasteiger charge is 2.12. The first-order valence-electron chi connectivity index (χ1n) is 4.73. The van der Waals surface area contributed by atoms with Gasteiger partial charge in [0.1, 0.15) is 0 Å². The number of allylic oxidation sites excluding steroid dienone is 1. The van der Waals surface area contributed by atoms with Crippen LogP contribution in [-0.4, -0.2) is 14.2 Å². The molecule has 0 aliphatic carbocycles. The van der Waals surface area contributed by atoms with Crippen molar-refractivity contribution in [2.75, 3.05) is 14.2 Å². The Morgan fingerprint density at radius 3 is 2.50 bits per heavy atom. The predicted octanol–water partition coefficient (Wildman–Crippen LogP) is 1.92. The van der Waals surface area contributed by atoms with E-state index in [9.17, 15) is 0 Å². The molecule has 0 amide bonds. The van der Waals surface area contributed by atoms with E-state index in [1.165, 1.54) is 7.11 Å². The van der Waals surface area contributed by atoms with Crippen LogP contribution >= 0.6 is 0 Å². The Hall–Kier alpha value is -2.15. The molecule has 16 heavy (non-hydrogen) atoms. The quantitative estimate of drug-likeness (QED) is 0.787. The van der Waals surface area contributed by atoms with Gasteiger partial charge in [0.2, 0.25) is 0 Å². The van der Waals surface area contributed by atoms with Crippen molar-refractivity contribution in [3.63, 3.8) is 0 Å². The van der Waals surface area contributed by atoms with Crippen molar-refractivity contribution in [2.45, 2.75) is 6.92 Å². The monoisotopic (exact) mass is 218 g/mol. The molecule has 0 unspecified atom stereocenters. The Morgan fingerprint density at radius 1 is 1.31 bits per heavy atom. The first kappa shape index (κ1) is 11.9. The minimum Gasteiger partial charge on any atom is -0.493 e. The van der Waals surface area contributed by atoms with E-state index in [0.29, 0.717) is 28.3 Å². The van der Waals surface area contributed by atoms with E-state index in [0.717, 1.165) is 0 Å². The van der Waals surface area contributed by atoms with Gasteiger partial charge in [-0.05, 0) is 19.1 Å². The van der Waals surface area contributed by atoms with E-state index in [1.54, 1.807) is 32.2 Å². The van der Waals surface area contributed by atoms with Gasteiger partial charge in [-0.15, -0.1) is 0 Å². The van der Waals surface area contributed by atoms with E-state index in [1.807, 2.05) is 6.07 Å². The first-order chi connectivity index (χ1) is 7.65. The lowest BCUT2D eigenvalue weighted by Gasteiger charge is -2.12. The molecule has 0 aliphatic rings. The molecule has 84 valence electrons. The lowest BCUT2D eigenvalue weighted by molar-refractivity contribution is 0.354. The van der Waals surface area contributed by atoms with Gasteiger partial charge in [-0.2, -0.15) is 5.26 Å². The van der Waals surface area contributed by atoms with Gasteiger partial charge in [-0.25, -0.2) is 0 Å². The highest BCUT2D eigenvalue weighted by Crippen LogP contribution is 2.34. The van der Waals surface area contributed by atoms with Crippen LogP contribution in [0.25, 0.3) is 5.70 Å². The molecule has 0 radical (unpaired) electrons. The summed E-state index contributed by atoms with van der Waals surface area (Å²) in [4.78, 5) is 0. The van der Waals surface area contributed by atoms with Crippen LogP contribution in [0.4, 0.5) is 0 Å². The van der Waals surface area contributed by atoms with E-state index in [2.05, 4.69) is 0 Å². The van der Waals surface area contributed by atoms with E-state index >= 15 is 0 Å². The third-order valence-corrected chi connectivity index (χ3v) is 2.26. The third-order valence-electron chi connectivity index (χ3n) is 2.26. The number of nitrogens with zero attached hydrogens (tertiary/aromatic N) is 1. The van der Waals surface area contributed by atoms with Crippen molar-refractivity contribution in [3.8, 4) is 17.6 Å². The average Bonchev–Trinajstić information content (AvgIpc) is 2.35. The van der Waals surface area contributed by atoms with Crippen molar-refractivity contribution >= 4 is 5.70 Å². The summed E-state index contributed by atoms with van der Waals surface area (Å²) in [5.41, 5.74) is 7.39. The predicted molar refractivity (Wildman–Crippen MR) is 61.9 cm³/mol. The van der Waals surface area contributed by atoms with Crippen LogP contribution < -0.4 is 15.2 Å². The fourth-order valence-electron chi connectivity index (χ4n) is 1.36. The number of ether oxygens (including phenoxy) is 2. The zero-order valence-corrected chi connectivity index (χ0v) is 9.57. The van der Waals surface area contributed by atoms with Crippen molar-refractivity contribution in [2.24, 2.45) is 5.73 Å². The second-order valence-corrected chi connectivity index (χ2v) is 3.19. The lowest BCUT2D eigenvalue weighted by atomic mass is 10.1. The fourth-order valence-corrected chi connectivity index (χ4v) is 1.36. The van der Waals surface area contributed by atoms with E-state index in [4.69, 9.17) is 20.5 Å². The zero-order chi connectivity index (χ0) is 12.1. The Bertz CT molecular complexity index is 459. The van der Waals surface area contributed by atoms with Gasteiger partial charge in [0, 0.05) is 5.56 Å². The second-order valence-electron chi connectivity index (χ2n) is 3.19. The maximum absolute atomic E-state index is 8.80. The van der Waals surface area contributed by atoms with Gasteiger partial charge in [0.15, 0.2) is 11.5 Å². The zero-order valence-electron chi connectivity index (χ0n) is 9.57. The standard InChI is InChI=1S/C12H14N2O2/c1-8(7-13)11(14)9-5-4-6-10(15-2)12(9)16-3/h4-6H,14H2,1-3H3/b11-8+. The van der Waals surface area contributed by atoms with Gasteiger partial charge in [-0.3, -0.25) is 0 Å². The largest absolute Gasteiger partial charge is 0.493 e. The maximum atomic E-state index is 8.80. The van der Waals surface area contributed by atoms with E-state index < -0.39 is 0 Å². The van der Waals surface area contributed by atoms with Gasteiger partial charge < -0.3 is 15.2 Å². The number of hydrogen-bond acceptors (Lipinski definition) is 4. The van der Waals surface area contributed by atoms with Gasteiger partial charge >= 0.3 is 0 Å². The Kier molecular flexibility index (Phi) is 3.78. The van der Waals surface area contributed by atoms with Crippen LogP contribution in [0.5, 0.6) is 11.5 Å².